The molecule has 3 rings (SSSR count). The second-order valence-corrected chi connectivity index (χ2v) is 5.55. The van der Waals surface area contributed by atoms with E-state index in [1.807, 2.05) is 31.2 Å². The van der Waals surface area contributed by atoms with Crippen LogP contribution in [0.5, 0.6) is 0 Å². The van der Waals surface area contributed by atoms with Gasteiger partial charge in [0, 0.05) is 10.6 Å². The molecular weight excluding hydrogens is 307 g/mol. The number of nitrogen functional groups attached to an aromatic ring is 1. The Morgan fingerprint density at radius 1 is 1.05 bits per heavy atom. The number of nitrogens with two attached hydrogens (primary N) is 1. The summed E-state index contributed by atoms with van der Waals surface area (Å²) in [5, 5.41) is 4.98. The van der Waals surface area contributed by atoms with Crippen LogP contribution in [0, 0.1) is 6.92 Å². The van der Waals surface area contributed by atoms with Gasteiger partial charge in [0.15, 0.2) is 11.6 Å². The number of hydrogen-bond acceptors (Lipinski definition) is 3. The number of aryl methyl sites for hydroxylation is 1. The molecule has 0 unspecified atom stereocenters. The molecule has 2 N–H and O–H groups in total. The van der Waals surface area contributed by atoms with Crippen molar-refractivity contribution in [3.05, 3.63) is 58.1 Å². The van der Waals surface area contributed by atoms with Crippen LogP contribution in [0.4, 0.5) is 5.82 Å². The van der Waals surface area contributed by atoms with E-state index < -0.39 is 0 Å². The van der Waals surface area contributed by atoms with Gasteiger partial charge in [0.2, 0.25) is 0 Å². The third kappa shape index (κ3) is 2.50. The number of aromatic nitrogens is 1. The third-order valence-corrected chi connectivity index (χ3v) is 3.87. The predicted molar refractivity (Wildman–Crippen MR) is 86.5 cm³/mol. The molecule has 106 valence electrons. The lowest BCUT2D eigenvalue weighted by molar-refractivity contribution is 0.436. The van der Waals surface area contributed by atoms with Gasteiger partial charge in [-0.15, -0.1) is 0 Å². The number of halogens is 2. The zero-order valence-electron chi connectivity index (χ0n) is 11.2. The summed E-state index contributed by atoms with van der Waals surface area (Å²) in [7, 11) is 0. The van der Waals surface area contributed by atoms with Gasteiger partial charge in [0.25, 0.3) is 0 Å². The van der Waals surface area contributed by atoms with E-state index in [9.17, 15) is 0 Å². The summed E-state index contributed by atoms with van der Waals surface area (Å²) >= 11 is 12.3. The van der Waals surface area contributed by atoms with E-state index >= 15 is 0 Å². The Morgan fingerprint density at radius 2 is 1.81 bits per heavy atom. The van der Waals surface area contributed by atoms with E-state index in [0.717, 1.165) is 16.7 Å². The summed E-state index contributed by atoms with van der Waals surface area (Å²) in [6.07, 6.45) is 0. The van der Waals surface area contributed by atoms with Crippen LogP contribution in [0.15, 0.2) is 47.0 Å². The topological polar surface area (TPSA) is 52.0 Å². The molecule has 0 spiro atoms. The van der Waals surface area contributed by atoms with Gasteiger partial charge >= 0.3 is 0 Å². The Balaban J connectivity index is 2.27. The molecule has 3 aromatic rings. The van der Waals surface area contributed by atoms with E-state index in [0.29, 0.717) is 27.2 Å². The highest BCUT2D eigenvalue weighted by atomic mass is 35.5. The minimum absolute atomic E-state index is 0.329. The highest BCUT2D eigenvalue weighted by Gasteiger charge is 2.21. The predicted octanol–water partition coefficient (Wildman–Crippen LogP) is 5.21. The van der Waals surface area contributed by atoms with E-state index in [1.165, 1.54) is 0 Å². The minimum Gasteiger partial charge on any atom is -0.380 e. The van der Waals surface area contributed by atoms with Crippen LogP contribution in [-0.4, -0.2) is 5.16 Å². The van der Waals surface area contributed by atoms with Crippen molar-refractivity contribution < 1.29 is 4.52 Å². The fourth-order valence-corrected chi connectivity index (χ4v) is 2.65. The summed E-state index contributed by atoms with van der Waals surface area (Å²) in [6, 6.07) is 13.1. The van der Waals surface area contributed by atoms with Gasteiger partial charge < -0.3 is 10.3 Å². The van der Waals surface area contributed by atoms with Crippen molar-refractivity contribution in [1.29, 1.82) is 0 Å². The smallest absolute Gasteiger partial charge is 0.178 e. The van der Waals surface area contributed by atoms with E-state index in [-0.39, 0.29) is 0 Å². The molecule has 21 heavy (non-hydrogen) atoms. The van der Waals surface area contributed by atoms with Crippen LogP contribution in [0.2, 0.25) is 10.0 Å². The normalized spacial score (nSPS) is 10.8. The number of anilines is 1. The molecule has 5 heteroatoms. The molecule has 0 saturated carbocycles. The summed E-state index contributed by atoms with van der Waals surface area (Å²) in [4.78, 5) is 0. The standard InChI is InChI=1S/C16H12Cl2N2O/c1-9-4-2-3-5-11(9)14-15(21-20-16(14)19)12-8-10(17)6-7-13(12)18/h2-8H,1H3,(H2,19,20). The zero-order valence-corrected chi connectivity index (χ0v) is 12.7. The van der Waals surface area contributed by atoms with Crippen molar-refractivity contribution in [3.8, 4) is 22.5 Å². The molecule has 3 nitrogen and oxygen atoms in total. The molecule has 0 bridgehead atoms. The van der Waals surface area contributed by atoms with E-state index in [4.69, 9.17) is 33.5 Å². The van der Waals surface area contributed by atoms with Crippen LogP contribution >= 0.6 is 23.2 Å². The van der Waals surface area contributed by atoms with E-state index in [1.54, 1.807) is 18.2 Å². The Labute approximate surface area is 132 Å². The van der Waals surface area contributed by atoms with Gasteiger partial charge in [-0.2, -0.15) is 0 Å². The maximum atomic E-state index is 6.25. The van der Waals surface area contributed by atoms with Crippen molar-refractivity contribution in [2.75, 3.05) is 5.73 Å². The van der Waals surface area contributed by atoms with Gasteiger partial charge in [0.1, 0.15) is 0 Å². The van der Waals surface area contributed by atoms with Gasteiger partial charge in [0.05, 0.1) is 10.6 Å². The Kier molecular flexibility index (Phi) is 3.62. The minimum atomic E-state index is 0.329. The number of rotatable bonds is 2. The molecule has 0 amide bonds. The Bertz CT molecular complexity index is 812. The summed E-state index contributed by atoms with van der Waals surface area (Å²) in [6.45, 7) is 2.01. The first kappa shape index (κ1) is 14.0. The number of benzene rings is 2. The molecule has 0 aliphatic heterocycles. The molecule has 1 aromatic heterocycles. The quantitative estimate of drug-likeness (QED) is 0.706. The molecule has 0 aliphatic rings. The SMILES string of the molecule is Cc1ccccc1-c1c(N)noc1-c1cc(Cl)ccc1Cl. The molecule has 0 atom stereocenters. The van der Waals surface area contributed by atoms with Crippen LogP contribution in [0.25, 0.3) is 22.5 Å². The average molecular weight is 319 g/mol. The number of nitrogens with zero attached hydrogens (tertiary/aromatic N) is 1. The van der Waals surface area contributed by atoms with Crippen LogP contribution in [-0.2, 0) is 0 Å². The molecule has 1 heterocycles. The zero-order chi connectivity index (χ0) is 15.0. The maximum absolute atomic E-state index is 6.25. The fourth-order valence-electron chi connectivity index (χ4n) is 2.27. The summed E-state index contributed by atoms with van der Waals surface area (Å²) < 4.78 is 5.41. The first-order valence-corrected chi connectivity index (χ1v) is 7.10. The highest BCUT2D eigenvalue weighted by molar-refractivity contribution is 6.35. The Morgan fingerprint density at radius 3 is 2.57 bits per heavy atom. The van der Waals surface area contributed by atoms with Crippen molar-refractivity contribution in [2.45, 2.75) is 6.92 Å². The second kappa shape index (κ2) is 5.43. The second-order valence-electron chi connectivity index (χ2n) is 4.71. The molecule has 2 aromatic carbocycles. The van der Waals surface area contributed by atoms with Gasteiger partial charge in [-0.25, -0.2) is 0 Å². The average Bonchev–Trinajstić information content (AvgIpc) is 2.84. The van der Waals surface area contributed by atoms with Crippen molar-refractivity contribution in [3.63, 3.8) is 0 Å². The summed E-state index contributed by atoms with van der Waals surface area (Å²) in [5.74, 6) is 0.852. The van der Waals surface area contributed by atoms with Crippen molar-refractivity contribution in [2.24, 2.45) is 0 Å². The van der Waals surface area contributed by atoms with E-state index in [2.05, 4.69) is 5.16 Å². The van der Waals surface area contributed by atoms with Crippen LogP contribution in [0.1, 0.15) is 5.56 Å². The molecule has 0 aliphatic carbocycles. The lowest BCUT2D eigenvalue weighted by Gasteiger charge is -2.07. The van der Waals surface area contributed by atoms with Gasteiger partial charge in [-0.05, 0) is 36.2 Å². The fraction of sp³-hybridized carbons (Fsp3) is 0.0625. The van der Waals surface area contributed by atoms with Crippen molar-refractivity contribution >= 4 is 29.0 Å². The monoisotopic (exact) mass is 318 g/mol. The molecular formula is C16H12Cl2N2O. The number of hydrogen-bond donors (Lipinski definition) is 1. The molecule has 0 saturated heterocycles. The lowest BCUT2D eigenvalue weighted by atomic mass is 9.98. The van der Waals surface area contributed by atoms with Crippen LogP contribution < -0.4 is 5.73 Å². The van der Waals surface area contributed by atoms with Crippen LogP contribution in [0.3, 0.4) is 0 Å². The Hall–Kier alpha value is -1.97. The highest BCUT2D eigenvalue weighted by Crippen LogP contribution is 2.41. The van der Waals surface area contributed by atoms with Crippen molar-refractivity contribution in [1.82, 2.24) is 5.16 Å². The molecule has 0 radical (unpaired) electrons. The lowest BCUT2D eigenvalue weighted by Crippen LogP contribution is -1.91. The largest absolute Gasteiger partial charge is 0.380 e. The first-order chi connectivity index (χ1) is 10.1. The molecule has 0 fully saturated rings. The summed E-state index contributed by atoms with van der Waals surface area (Å²) in [5.41, 5.74) is 9.43. The third-order valence-electron chi connectivity index (χ3n) is 3.31. The van der Waals surface area contributed by atoms with Gasteiger partial charge in [-0.1, -0.05) is 52.6 Å². The first-order valence-electron chi connectivity index (χ1n) is 6.34. The van der Waals surface area contributed by atoms with Gasteiger partial charge in [-0.3, -0.25) is 0 Å². The maximum Gasteiger partial charge on any atom is 0.178 e.